The monoisotopic (exact) mass is 155 g/mol. The van der Waals surface area contributed by atoms with Crippen LogP contribution in [0.15, 0.2) is 36.3 Å². The second-order valence-corrected chi connectivity index (χ2v) is 2.08. The van der Waals surface area contributed by atoms with Gasteiger partial charge < -0.3 is 5.11 Å². The molecule has 0 radical (unpaired) electrons. The van der Waals surface area contributed by atoms with Crippen LogP contribution in [0.4, 0.5) is 0 Å². The Morgan fingerprint density at radius 3 is 2.18 bits per heavy atom. The van der Waals surface area contributed by atoms with E-state index in [9.17, 15) is 10.1 Å². The lowest BCUT2D eigenvalue weighted by Crippen LogP contribution is -2.00. The van der Waals surface area contributed by atoms with Crippen molar-refractivity contribution in [1.82, 2.24) is 0 Å². The van der Waals surface area contributed by atoms with E-state index in [0.29, 0.717) is 5.57 Å². The van der Waals surface area contributed by atoms with E-state index >= 15 is 0 Å². The molecule has 0 rings (SSSR count). The van der Waals surface area contributed by atoms with Gasteiger partial charge in [0.05, 0.1) is 4.92 Å². The molecule has 11 heavy (non-hydrogen) atoms. The van der Waals surface area contributed by atoms with Crippen molar-refractivity contribution >= 4 is 0 Å². The summed E-state index contributed by atoms with van der Waals surface area (Å²) < 4.78 is 0. The van der Waals surface area contributed by atoms with Crippen LogP contribution in [0.3, 0.4) is 0 Å². The molecule has 0 bridgehead atoms. The molecule has 0 aromatic carbocycles. The number of rotatable bonds is 3. The zero-order valence-electron chi connectivity index (χ0n) is 6.20. The van der Waals surface area contributed by atoms with E-state index in [-0.39, 0.29) is 0 Å². The van der Waals surface area contributed by atoms with Crippen LogP contribution in [0.2, 0.25) is 0 Å². The lowest BCUT2D eigenvalue weighted by molar-refractivity contribution is -0.423. The van der Waals surface area contributed by atoms with Crippen molar-refractivity contribution in [3.63, 3.8) is 0 Å². The van der Waals surface area contributed by atoms with E-state index in [4.69, 9.17) is 5.11 Å². The fraction of sp³-hybridized carbons (Fsp3) is 0.143. The summed E-state index contributed by atoms with van der Waals surface area (Å²) in [5, 5.41) is 18.8. The summed E-state index contributed by atoms with van der Waals surface area (Å²) in [6.45, 7) is 8.05. The topological polar surface area (TPSA) is 63.4 Å². The molecule has 0 aromatic heterocycles. The Hall–Kier alpha value is -1.58. The Balaban J connectivity index is 4.75. The third-order valence-corrected chi connectivity index (χ3v) is 0.875. The van der Waals surface area contributed by atoms with Crippen molar-refractivity contribution in [2.45, 2.75) is 6.92 Å². The Morgan fingerprint density at radius 2 is 2.09 bits per heavy atom. The number of aliphatic hydroxyl groups excluding tert-OH is 1. The molecular formula is C7H9NO3. The van der Waals surface area contributed by atoms with Crippen LogP contribution in [0.1, 0.15) is 6.92 Å². The van der Waals surface area contributed by atoms with E-state index in [1.54, 1.807) is 6.92 Å². The molecule has 0 amide bonds. The van der Waals surface area contributed by atoms with Crippen LogP contribution in [-0.2, 0) is 0 Å². The van der Waals surface area contributed by atoms with Crippen molar-refractivity contribution in [3.8, 4) is 0 Å². The molecule has 0 aliphatic heterocycles. The molecule has 0 heterocycles. The van der Waals surface area contributed by atoms with E-state index in [1.165, 1.54) is 0 Å². The van der Waals surface area contributed by atoms with Gasteiger partial charge in [-0.25, -0.2) is 0 Å². The highest BCUT2D eigenvalue weighted by atomic mass is 16.6. The van der Waals surface area contributed by atoms with Crippen LogP contribution >= 0.6 is 0 Å². The molecule has 0 unspecified atom stereocenters. The summed E-state index contributed by atoms with van der Waals surface area (Å²) in [4.78, 5) is 9.44. The van der Waals surface area contributed by atoms with E-state index in [2.05, 4.69) is 13.2 Å². The first-order chi connectivity index (χ1) is 4.95. The minimum atomic E-state index is -0.711. The smallest absolute Gasteiger partial charge is 0.310 e. The number of hydrogen-bond donors (Lipinski definition) is 1. The minimum Gasteiger partial charge on any atom is -0.503 e. The maximum atomic E-state index is 10.2. The van der Waals surface area contributed by atoms with Crippen LogP contribution in [-0.4, -0.2) is 10.0 Å². The van der Waals surface area contributed by atoms with Crippen LogP contribution < -0.4 is 0 Å². The Labute approximate surface area is 64.3 Å². The summed E-state index contributed by atoms with van der Waals surface area (Å²) in [5.41, 5.74) is 0.0735. The molecule has 0 aliphatic rings. The van der Waals surface area contributed by atoms with Crippen molar-refractivity contribution in [2.75, 3.05) is 0 Å². The summed E-state index contributed by atoms with van der Waals surface area (Å²) in [7, 11) is 0. The summed E-state index contributed by atoms with van der Waals surface area (Å²) in [5.74, 6) is -0.557. The molecular weight excluding hydrogens is 146 g/mol. The first-order valence-corrected chi connectivity index (χ1v) is 2.85. The van der Waals surface area contributed by atoms with Gasteiger partial charge in [0.1, 0.15) is 0 Å². The predicted octanol–water partition coefficient (Wildman–Crippen LogP) is 1.79. The van der Waals surface area contributed by atoms with Gasteiger partial charge in [-0.1, -0.05) is 12.2 Å². The second-order valence-electron chi connectivity index (χ2n) is 2.08. The zero-order chi connectivity index (χ0) is 9.02. The largest absolute Gasteiger partial charge is 0.503 e. The summed E-state index contributed by atoms with van der Waals surface area (Å²) in [6, 6.07) is 0. The van der Waals surface area contributed by atoms with Crippen molar-refractivity contribution in [3.05, 3.63) is 46.4 Å². The highest BCUT2D eigenvalue weighted by Gasteiger charge is 2.12. The molecule has 4 nitrogen and oxygen atoms in total. The minimum absolute atomic E-state index is 0.419. The van der Waals surface area contributed by atoms with Gasteiger partial charge in [-0.2, -0.15) is 0 Å². The molecule has 4 heteroatoms. The number of allylic oxidation sites excluding steroid dienone is 2. The zero-order valence-corrected chi connectivity index (χ0v) is 6.20. The predicted molar refractivity (Wildman–Crippen MR) is 41.7 cm³/mol. The van der Waals surface area contributed by atoms with Gasteiger partial charge in [0, 0.05) is 6.08 Å². The number of hydrogen-bond acceptors (Lipinski definition) is 3. The van der Waals surface area contributed by atoms with Gasteiger partial charge in [0.15, 0.2) is 5.76 Å². The van der Waals surface area contributed by atoms with Gasteiger partial charge in [-0.15, -0.1) is 0 Å². The van der Waals surface area contributed by atoms with Crippen molar-refractivity contribution in [2.24, 2.45) is 0 Å². The standard InChI is InChI=1S/C7H9NO3/c1-5(2)4-7(6(3)9)8(10)11/h4,9H,1,3H2,2H3/b7-4+. The normalized spacial score (nSPS) is 10.8. The summed E-state index contributed by atoms with van der Waals surface area (Å²) >= 11 is 0. The molecule has 0 aromatic rings. The Kier molecular flexibility index (Phi) is 3.04. The average molecular weight is 155 g/mol. The fourth-order valence-electron chi connectivity index (χ4n) is 0.475. The lowest BCUT2D eigenvalue weighted by atomic mass is 10.2. The van der Waals surface area contributed by atoms with Crippen LogP contribution in [0.5, 0.6) is 0 Å². The quantitative estimate of drug-likeness (QED) is 0.292. The summed E-state index contributed by atoms with van der Waals surface area (Å²) in [6.07, 6.45) is 1.16. The first kappa shape index (κ1) is 9.42. The maximum Gasteiger partial charge on any atom is 0.310 e. The highest BCUT2D eigenvalue weighted by Crippen LogP contribution is 2.07. The van der Waals surface area contributed by atoms with Crippen molar-refractivity contribution < 1.29 is 10.0 Å². The molecule has 0 saturated carbocycles. The number of aliphatic hydroxyl groups is 1. The van der Waals surface area contributed by atoms with E-state index < -0.39 is 16.4 Å². The molecule has 0 spiro atoms. The van der Waals surface area contributed by atoms with Crippen LogP contribution in [0.25, 0.3) is 0 Å². The molecule has 0 atom stereocenters. The molecule has 0 fully saturated rings. The average Bonchev–Trinajstić information content (AvgIpc) is 1.81. The maximum absolute atomic E-state index is 10.2. The third kappa shape index (κ3) is 3.20. The van der Waals surface area contributed by atoms with E-state index in [1.807, 2.05) is 0 Å². The Morgan fingerprint density at radius 1 is 1.64 bits per heavy atom. The molecule has 60 valence electrons. The first-order valence-electron chi connectivity index (χ1n) is 2.85. The van der Waals surface area contributed by atoms with E-state index in [0.717, 1.165) is 6.08 Å². The second kappa shape index (κ2) is 3.55. The van der Waals surface area contributed by atoms with Gasteiger partial charge in [0.25, 0.3) is 0 Å². The third-order valence-electron chi connectivity index (χ3n) is 0.875. The Bertz CT molecular complexity index is 224. The number of nitrogens with zero attached hydrogens (tertiary/aromatic N) is 1. The fourth-order valence-corrected chi connectivity index (χ4v) is 0.475. The van der Waals surface area contributed by atoms with Crippen LogP contribution in [0, 0.1) is 10.1 Å². The van der Waals surface area contributed by atoms with Gasteiger partial charge in [0.2, 0.25) is 0 Å². The van der Waals surface area contributed by atoms with Gasteiger partial charge >= 0.3 is 5.70 Å². The molecule has 0 saturated heterocycles. The molecule has 0 aliphatic carbocycles. The van der Waals surface area contributed by atoms with Crippen molar-refractivity contribution in [1.29, 1.82) is 0 Å². The SMILES string of the molecule is C=C(C)/C=C(\C(=C)O)[N+](=O)[O-]. The number of nitro groups is 1. The lowest BCUT2D eigenvalue weighted by Gasteiger charge is -1.93. The molecule has 1 N–H and O–H groups in total. The van der Waals surface area contributed by atoms with Gasteiger partial charge in [-0.3, -0.25) is 10.1 Å². The van der Waals surface area contributed by atoms with Gasteiger partial charge in [-0.05, 0) is 13.5 Å². The highest BCUT2D eigenvalue weighted by molar-refractivity contribution is 5.24.